The Kier molecular flexibility index (Phi) is 6.71. The number of para-hydroxylation sites is 1. The second-order valence-corrected chi connectivity index (χ2v) is 7.61. The van der Waals surface area contributed by atoms with Crippen LogP contribution >= 0.6 is 11.8 Å². The number of carbonyl (C=O) groups excluding carboxylic acids is 3. The van der Waals surface area contributed by atoms with Gasteiger partial charge in [0.15, 0.2) is 6.61 Å². The molecule has 0 saturated carbocycles. The first-order chi connectivity index (χ1) is 13.5. The van der Waals surface area contributed by atoms with Gasteiger partial charge in [0.1, 0.15) is 0 Å². The van der Waals surface area contributed by atoms with Crippen LogP contribution in [0.4, 0.5) is 5.69 Å². The molecule has 0 spiro atoms. The molecule has 28 heavy (non-hydrogen) atoms. The maximum Gasteiger partial charge on any atom is 0.310 e. The number of nitrogens with one attached hydrogen (secondary N) is 1. The van der Waals surface area contributed by atoms with Crippen LogP contribution in [0.25, 0.3) is 0 Å². The van der Waals surface area contributed by atoms with E-state index in [0.717, 1.165) is 29.7 Å². The van der Waals surface area contributed by atoms with Gasteiger partial charge >= 0.3 is 5.97 Å². The first-order valence-corrected chi connectivity index (χ1v) is 10.1. The number of benzene rings is 2. The average molecular weight is 398 g/mol. The number of amides is 2. The van der Waals surface area contributed by atoms with Crippen molar-refractivity contribution in [1.82, 2.24) is 0 Å². The number of fused-ring (bicyclic) bond motifs is 1. The molecule has 0 aromatic heterocycles. The minimum absolute atomic E-state index is 0.114. The van der Waals surface area contributed by atoms with E-state index in [9.17, 15) is 14.4 Å². The lowest BCUT2D eigenvalue weighted by molar-refractivity contribution is -0.146. The minimum Gasteiger partial charge on any atom is -0.455 e. The fraction of sp³-hybridized carbons (Fsp3) is 0.286. The first kappa shape index (κ1) is 19.9. The number of ether oxygens (including phenoxy) is 1. The van der Waals surface area contributed by atoms with Crippen LogP contribution in [0.3, 0.4) is 0 Å². The van der Waals surface area contributed by atoms with E-state index in [1.807, 2.05) is 6.07 Å². The van der Waals surface area contributed by atoms with Gasteiger partial charge in [0.25, 0.3) is 5.91 Å². The van der Waals surface area contributed by atoms with Crippen LogP contribution in [0.1, 0.15) is 23.1 Å². The second-order valence-electron chi connectivity index (χ2n) is 6.59. The first-order valence-electron chi connectivity index (χ1n) is 9.07. The van der Waals surface area contributed by atoms with E-state index in [4.69, 9.17) is 10.5 Å². The number of esters is 1. The SMILES string of the molecule is NC(=O)CSc1ccccc1NC(=O)COC(=O)Cc1ccc2c(c1)CCC2. The quantitative estimate of drug-likeness (QED) is 0.526. The monoisotopic (exact) mass is 398 g/mol. The molecule has 0 bridgehead atoms. The summed E-state index contributed by atoms with van der Waals surface area (Å²) in [4.78, 5) is 35.9. The van der Waals surface area contributed by atoms with Crippen molar-refractivity contribution in [1.29, 1.82) is 0 Å². The molecule has 0 unspecified atom stereocenters. The Bertz CT molecular complexity index is 898. The van der Waals surface area contributed by atoms with Crippen molar-refractivity contribution < 1.29 is 19.1 Å². The summed E-state index contributed by atoms with van der Waals surface area (Å²) in [6.45, 7) is -0.363. The molecule has 0 aliphatic heterocycles. The maximum atomic E-state index is 12.1. The van der Waals surface area contributed by atoms with E-state index in [2.05, 4.69) is 17.4 Å². The molecule has 6 nitrogen and oxygen atoms in total. The number of rotatable bonds is 8. The summed E-state index contributed by atoms with van der Waals surface area (Å²) in [6, 6.07) is 13.1. The summed E-state index contributed by atoms with van der Waals surface area (Å²) < 4.78 is 5.11. The Balaban J connectivity index is 1.49. The van der Waals surface area contributed by atoms with Gasteiger partial charge in [0, 0.05) is 4.90 Å². The molecule has 0 heterocycles. The number of carbonyl (C=O) groups is 3. The number of nitrogens with two attached hydrogens (primary N) is 1. The fourth-order valence-electron chi connectivity index (χ4n) is 3.13. The van der Waals surface area contributed by atoms with Crippen molar-refractivity contribution in [2.75, 3.05) is 17.7 Å². The molecule has 1 aliphatic carbocycles. The van der Waals surface area contributed by atoms with Gasteiger partial charge < -0.3 is 15.8 Å². The van der Waals surface area contributed by atoms with Gasteiger partial charge in [0.05, 0.1) is 17.9 Å². The van der Waals surface area contributed by atoms with Crippen LogP contribution in [-0.4, -0.2) is 30.1 Å². The van der Waals surface area contributed by atoms with Crippen LogP contribution < -0.4 is 11.1 Å². The normalized spacial score (nSPS) is 12.3. The molecule has 0 fully saturated rings. The molecule has 146 valence electrons. The lowest BCUT2D eigenvalue weighted by Gasteiger charge is -2.11. The van der Waals surface area contributed by atoms with Crippen LogP contribution in [0.5, 0.6) is 0 Å². The van der Waals surface area contributed by atoms with E-state index >= 15 is 0 Å². The lowest BCUT2D eigenvalue weighted by Crippen LogP contribution is -2.22. The number of primary amides is 1. The van der Waals surface area contributed by atoms with Crippen LogP contribution in [0.2, 0.25) is 0 Å². The zero-order valence-corrected chi connectivity index (χ0v) is 16.2. The third-order valence-electron chi connectivity index (χ3n) is 4.41. The maximum absolute atomic E-state index is 12.1. The molecule has 2 aromatic carbocycles. The molecule has 3 N–H and O–H groups in total. The summed E-state index contributed by atoms with van der Waals surface area (Å²) in [6.07, 6.45) is 3.45. The van der Waals surface area contributed by atoms with E-state index in [-0.39, 0.29) is 18.8 Å². The molecule has 0 atom stereocenters. The topological polar surface area (TPSA) is 98.5 Å². The van der Waals surface area contributed by atoms with Crippen molar-refractivity contribution in [2.24, 2.45) is 5.73 Å². The van der Waals surface area contributed by atoms with Gasteiger partial charge in [-0.1, -0.05) is 30.3 Å². The largest absolute Gasteiger partial charge is 0.455 e. The van der Waals surface area contributed by atoms with Crippen LogP contribution in [0, 0.1) is 0 Å². The molecular formula is C21H22N2O4S. The molecule has 7 heteroatoms. The third kappa shape index (κ3) is 5.60. The molecule has 2 aromatic rings. The highest BCUT2D eigenvalue weighted by molar-refractivity contribution is 8.00. The van der Waals surface area contributed by atoms with E-state index in [1.165, 1.54) is 22.9 Å². The van der Waals surface area contributed by atoms with Gasteiger partial charge in [-0.3, -0.25) is 14.4 Å². The number of aryl methyl sites for hydroxylation is 2. The van der Waals surface area contributed by atoms with Crippen molar-refractivity contribution in [3.63, 3.8) is 0 Å². The highest BCUT2D eigenvalue weighted by Crippen LogP contribution is 2.26. The summed E-state index contributed by atoms with van der Waals surface area (Å²) in [5, 5.41) is 2.70. The summed E-state index contributed by atoms with van der Waals surface area (Å²) in [5.41, 5.74) is 9.26. The fourth-order valence-corrected chi connectivity index (χ4v) is 3.88. The Labute approximate surface area is 167 Å². The molecule has 3 rings (SSSR count). The molecular weight excluding hydrogens is 376 g/mol. The Morgan fingerprint density at radius 1 is 1.07 bits per heavy atom. The molecule has 2 amide bonds. The Hall–Kier alpha value is -2.80. The van der Waals surface area contributed by atoms with Gasteiger partial charge in [-0.25, -0.2) is 0 Å². The standard InChI is InChI=1S/C21H22N2O4S/c22-19(24)13-28-18-7-2-1-6-17(18)23-20(25)12-27-21(26)11-14-8-9-15-4-3-5-16(15)10-14/h1-2,6-10H,3-5,11-13H2,(H2,22,24)(H,23,25). The Morgan fingerprint density at radius 2 is 1.86 bits per heavy atom. The zero-order chi connectivity index (χ0) is 19.9. The number of hydrogen-bond acceptors (Lipinski definition) is 5. The van der Waals surface area contributed by atoms with Crippen molar-refractivity contribution in [2.45, 2.75) is 30.6 Å². The van der Waals surface area contributed by atoms with Crippen LogP contribution in [-0.2, 0) is 38.4 Å². The summed E-state index contributed by atoms with van der Waals surface area (Å²) >= 11 is 1.24. The van der Waals surface area contributed by atoms with Gasteiger partial charge in [-0.05, 0) is 48.1 Å². The second kappa shape index (κ2) is 9.41. The van der Waals surface area contributed by atoms with Gasteiger partial charge in [0.2, 0.25) is 5.91 Å². The minimum atomic E-state index is -0.440. The van der Waals surface area contributed by atoms with Crippen LogP contribution in [0.15, 0.2) is 47.4 Å². The van der Waals surface area contributed by atoms with Crippen molar-refractivity contribution in [3.8, 4) is 0 Å². The van der Waals surface area contributed by atoms with Gasteiger partial charge in [-0.15, -0.1) is 11.8 Å². The summed E-state index contributed by atoms with van der Waals surface area (Å²) in [7, 11) is 0. The smallest absolute Gasteiger partial charge is 0.310 e. The number of thioether (sulfide) groups is 1. The predicted molar refractivity (Wildman–Crippen MR) is 108 cm³/mol. The third-order valence-corrected chi connectivity index (χ3v) is 5.50. The number of hydrogen-bond donors (Lipinski definition) is 2. The van der Waals surface area contributed by atoms with E-state index in [0.29, 0.717) is 5.69 Å². The van der Waals surface area contributed by atoms with Gasteiger partial charge in [-0.2, -0.15) is 0 Å². The molecule has 0 saturated heterocycles. The van der Waals surface area contributed by atoms with Crippen molar-refractivity contribution in [3.05, 3.63) is 59.2 Å². The molecule has 1 aliphatic rings. The van der Waals surface area contributed by atoms with Crippen molar-refractivity contribution >= 4 is 35.2 Å². The molecule has 0 radical (unpaired) electrons. The average Bonchev–Trinajstić information content (AvgIpc) is 3.13. The van der Waals surface area contributed by atoms with E-state index in [1.54, 1.807) is 24.3 Å². The van der Waals surface area contributed by atoms with E-state index < -0.39 is 17.8 Å². The predicted octanol–water partition coefficient (Wildman–Crippen LogP) is 2.48. The zero-order valence-electron chi connectivity index (χ0n) is 15.4. The lowest BCUT2D eigenvalue weighted by atomic mass is 10.0. The summed E-state index contributed by atoms with van der Waals surface area (Å²) in [5.74, 6) is -1.20. The Morgan fingerprint density at radius 3 is 2.68 bits per heavy atom. The highest BCUT2D eigenvalue weighted by Gasteiger charge is 2.14. The highest BCUT2D eigenvalue weighted by atomic mass is 32.2. The number of anilines is 1.